The van der Waals surface area contributed by atoms with Crippen LogP contribution in [0.15, 0.2) is 18.2 Å². The summed E-state index contributed by atoms with van der Waals surface area (Å²) >= 11 is 5.94. The van der Waals surface area contributed by atoms with Gasteiger partial charge in [0, 0.05) is 16.5 Å². The van der Waals surface area contributed by atoms with E-state index >= 15 is 0 Å². The van der Waals surface area contributed by atoms with Crippen molar-refractivity contribution in [2.45, 2.75) is 25.4 Å². The van der Waals surface area contributed by atoms with E-state index in [1.807, 2.05) is 0 Å². The fourth-order valence-electron chi connectivity index (χ4n) is 2.19. The highest BCUT2D eigenvalue weighted by Gasteiger charge is 2.40. The van der Waals surface area contributed by atoms with E-state index in [1.54, 1.807) is 18.2 Å². The highest BCUT2D eigenvalue weighted by atomic mass is 35.5. The lowest BCUT2D eigenvalue weighted by molar-refractivity contribution is 0.0607. The minimum absolute atomic E-state index is 0.294. The van der Waals surface area contributed by atoms with Crippen LogP contribution < -0.4 is 4.74 Å². The largest absolute Gasteiger partial charge is 0.493 e. The molecule has 1 aliphatic rings. The summed E-state index contributed by atoms with van der Waals surface area (Å²) in [5, 5.41) is 0.588. The second-order valence-electron chi connectivity index (χ2n) is 4.81. The molecule has 1 heterocycles. The molecule has 2 rings (SSSR count). The molecule has 2 unspecified atom stereocenters. The summed E-state index contributed by atoms with van der Waals surface area (Å²) in [6, 6.07) is 5.29. The Morgan fingerprint density at radius 3 is 2.82 bits per heavy atom. The van der Waals surface area contributed by atoms with Crippen LogP contribution in [0.2, 0.25) is 5.02 Å². The molecule has 0 aliphatic carbocycles. The molecular weight excluding hydrogens is 239 g/mol. The third-order valence-electron chi connectivity index (χ3n) is 3.19. The number of benzene rings is 1. The van der Waals surface area contributed by atoms with E-state index in [9.17, 15) is 4.39 Å². The normalized spacial score (nSPS) is 23.5. The summed E-state index contributed by atoms with van der Waals surface area (Å²) in [6.07, 6.45) is 5.54. The van der Waals surface area contributed by atoms with Gasteiger partial charge in [0.05, 0.1) is 12.5 Å². The smallest absolute Gasteiger partial charge is 0.123 e. The Hall–Kier alpha value is -1.20. The van der Waals surface area contributed by atoms with E-state index in [0.29, 0.717) is 17.4 Å². The second kappa shape index (κ2) is 4.23. The lowest BCUT2D eigenvalue weighted by Gasteiger charge is -2.36. The highest BCUT2D eigenvalue weighted by Crippen LogP contribution is 2.43. The zero-order valence-corrected chi connectivity index (χ0v) is 10.6. The zero-order chi connectivity index (χ0) is 12.6. The predicted octanol–water partition coefficient (Wildman–Crippen LogP) is 3.81. The van der Waals surface area contributed by atoms with Gasteiger partial charge in [0.1, 0.15) is 11.4 Å². The fraction of sp³-hybridized carbons (Fsp3) is 0.429. The van der Waals surface area contributed by atoms with E-state index in [4.69, 9.17) is 22.8 Å². The predicted molar refractivity (Wildman–Crippen MR) is 67.2 cm³/mol. The van der Waals surface area contributed by atoms with Gasteiger partial charge >= 0.3 is 0 Å². The van der Waals surface area contributed by atoms with Crippen molar-refractivity contribution in [3.63, 3.8) is 0 Å². The maximum atomic E-state index is 14.1. The quantitative estimate of drug-likeness (QED) is 0.691. The summed E-state index contributed by atoms with van der Waals surface area (Å²) in [5.74, 6) is 2.73. The van der Waals surface area contributed by atoms with Gasteiger partial charge < -0.3 is 4.74 Å². The second-order valence-corrected chi connectivity index (χ2v) is 5.24. The topological polar surface area (TPSA) is 9.23 Å². The van der Waals surface area contributed by atoms with Crippen molar-refractivity contribution in [1.29, 1.82) is 0 Å². The summed E-state index contributed by atoms with van der Waals surface area (Å²) in [4.78, 5) is 0. The van der Waals surface area contributed by atoms with Crippen molar-refractivity contribution in [3.05, 3.63) is 28.8 Å². The van der Waals surface area contributed by atoms with Crippen LogP contribution in [-0.2, 0) is 0 Å². The standard InChI is InChI=1S/C14H14ClFO/c1-4-10-11-7-9(15)5-6-13(11)17-8-12(10)14(2,3)16/h1,5-7,10,12H,8H2,2-3H3. The maximum Gasteiger partial charge on any atom is 0.123 e. The number of ether oxygens (including phenoxy) is 1. The minimum Gasteiger partial charge on any atom is -0.493 e. The van der Waals surface area contributed by atoms with Crippen LogP contribution in [0.5, 0.6) is 5.75 Å². The van der Waals surface area contributed by atoms with Gasteiger partial charge in [0.25, 0.3) is 0 Å². The Kier molecular flexibility index (Phi) is 3.05. The third-order valence-corrected chi connectivity index (χ3v) is 3.42. The van der Waals surface area contributed by atoms with Gasteiger partial charge in [-0.05, 0) is 32.0 Å². The number of hydrogen-bond donors (Lipinski definition) is 0. The Morgan fingerprint density at radius 1 is 1.53 bits per heavy atom. The molecule has 0 amide bonds. The molecule has 0 spiro atoms. The van der Waals surface area contributed by atoms with Crippen LogP contribution in [0, 0.1) is 18.3 Å². The Morgan fingerprint density at radius 2 is 2.24 bits per heavy atom. The maximum absolute atomic E-state index is 14.1. The Bertz CT molecular complexity index is 470. The monoisotopic (exact) mass is 252 g/mol. The van der Waals surface area contributed by atoms with E-state index in [0.717, 1.165) is 5.56 Å². The highest BCUT2D eigenvalue weighted by molar-refractivity contribution is 6.30. The van der Waals surface area contributed by atoms with Crippen molar-refractivity contribution < 1.29 is 9.13 Å². The molecule has 2 atom stereocenters. The van der Waals surface area contributed by atoms with E-state index < -0.39 is 5.67 Å². The van der Waals surface area contributed by atoms with Crippen molar-refractivity contribution in [2.75, 3.05) is 6.61 Å². The van der Waals surface area contributed by atoms with Gasteiger partial charge in [-0.25, -0.2) is 4.39 Å². The molecule has 3 heteroatoms. The molecule has 0 bridgehead atoms. The van der Waals surface area contributed by atoms with E-state index in [2.05, 4.69) is 5.92 Å². The number of alkyl halides is 1. The van der Waals surface area contributed by atoms with Crippen molar-refractivity contribution in [1.82, 2.24) is 0 Å². The average molecular weight is 253 g/mol. The summed E-state index contributed by atoms with van der Waals surface area (Å²) < 4.78 is 19.7. The Labute approximate surface area is 106 Å². The number of rotatable bonds is 1. The molecule has 90 valence electrons. The SMILES string of the molecule is C#CC1c2cc(Cl)ccc2OCC1C(C)(C)F. The third kappa shape index (κ3) is 2.25. The number of terminal acetylenes is 1. The molecule has 1 aliphatic heterocycles. The van der Waals surface area contributed by atoms with E-state index in [1.165, 1.54) is 13.8 Å². The van der Waals surface area contributed by atoms with Gasteiger partial charge in [0.2, 0.25) is 0 Å². The number of fused-ring (bicyclic) bond motifs is 1. The number of halogens is 2. The molecule has 1 aromatic carbocycles. The van der Waals surface area contributed by atoms with Gasteiger partial charge in [0.15, 0.2) is 0 Å². The molecular formula is C14H14ClFO. The van der Waals surface area contributed by atoms with Gasteiger partial charge in [-0.2, -0.15) is 0 Å². The minimum atomic E-state index is -1.38. The van der Waals surface area contributed by atoms with Crippen molar-refractivity contribution in [3.8, 4) is 18.1 Å². The van der Waals surface area contributed by atoms with E-state index in [-0.39, 0.29) is 11.8 Å². The van der Waals surface area contributed by atoms with Gasteiger partial charge in [-0.3, -0.25) is 0 Å². The summed E-state index contributed by atoms with van der Waals surface area (Å²) in [5.41, 5.74) is -0.571. The lowest BCUT2D eigenvalue weighted by atomic mass is 9.77. The van der Waals surface area contributed by atoms with Gasteiger partial charge in [-0.1, -0.05) is 17.5 Å². The molecule has 0 aromatic heterocycles. The molecule has 17 heavy (non-hydrogen) atoms. The zero-order valence-electron chi connectivity index (χ0n) is 9.84. The molecule has 0 saturated carbocycles. The first-order valence-electron chi connectivity index (χ1n) is 5.51. The number of hydrogen-bond acceptors (Lipinski definition) is 1. The van der Waals surface area contributed by atoms with Crippen molar-refractivity contribution >= 4 is 11.6 Å². The fourth-order valence-corrected chi connectivity index (χ4v) is 2.37. The molecule has 1 aromatic rings. The van der Waals surface area contributed by atoms with Gasteiger partial charge in [-0.15, -0.1) is 6.42 Å². The Balaban J connectivity index is 2.47. The molecule has 0 saturated heterocycles. The summed E-state index contributed by atoms with van der Waals surface area (Å²) in [6.45, 7) is 3.36. The van der Waals surface area contributed by atoms with Crippen LogP contribution in [0.4, 0.5) is 4.39 Å². The van der Waals surface area contributed by atoms with Crippen LogP contribution in [0.25, 0.3) is 0 Å². The van der Waals surface area contributed by atoms with Crippen LogP contribution in [0.1, 0.15) is 25.3 Å². The van der Waals surface area contributed by atoms with Crippen LogP contribution in [-0.4, -0.2) is 12.3 Å². The van der Waals surface area contributed by atoms with Crippen molar-refractivity contribution in [2.24, 2.45) is 5.92 Å². The summed E-state index contributed by atoms with van der Waals surface area (Å²) in [7, 11) is 0. The lowest BCUT2D eigenvalue weighted by Crippen LogP contribution is -2.38. The molecule has 0 N–H and O–H groups in total. The molecule has 1 nitrogen and oxygen atoms in total. The molecule has 0 fully saturated rings. The molecule has 0 radical (unpaired) electrons. The first-order valence-corrected chi connectivity index (χ1v) is 5.88. The van der Waals surface area contributed by atoms with Crippen LogP contribution >= 0.6 is 11.6 Å². The first-order chi connectivity index (χ1) is 7.93. The van der Waals surface area contributed by atoms with Crippen LogP contribution in [0.3, 0.4) is 0 Å². The average Bonchev–Trinajstić information content (AvgIpc) is 2.26. The first kappa shape index (κ1) is 12.3.